The van der Waals surface area contributed by atoms with E-state index < -0.39 is 8.80 Å². The summed E-state index contributed by atoms with van der Waals surface area (Å²) in [4.78, 5) is 0. The van der Waals surface area contributed by atoms with Gasteiger partial charge in [0.1, 0.15) is 0 Å². The van der Waals surface area contributed by atoms with Gasteiger partial charge in [0.2, 0.25) is 0 Å². The average Bonchev–Trinajstić information content (AvgIpc) is 2.16. The van der Waals surface area contributed by atoms with Gasteiger partial charge in [0.15, 0.2) is 0 Å². The predicted molar refractivity (Wildman–Crippen MR) is 59.1 cm³/mol. The molecule has 0 aromatic rings. The van der Waals surface area contributed by atoms with Crippen LogP contribution < -0.4 is 5.73 Å². The zero-order chi connectivity index (χ0) is 10.9. The Balaban J connectivity index is 0. The minimum Gasteiger partial charge on any atom is -0.374 e. The first kappa shape index (κ1) is 18.0. The third-order valence-electron chi connectivity index (χ3n) is 1.78. The summed E-state index contributed by atoms with van der Waals surface area (Å²) >= 11 is 0. The van der Waals surface area contributed by atoms with Crippen molar-refractivity contribution in [1.29, 1.82) is 0 Å². The van der Waals surface area contributed by atoms with Crippen molar-refractivity contribution in [2.45, 2.75) is 33.2 Å². The molecule has 4 nitrogen and oxygen atoms in total. The summed E-state index contributed by atoms with van der Waals surface area (Å²) in [6, 6.07) is 0.818. The summed E-state index contributed by atoms with van der Waals surface area (Å²) in [5.74, 6) is 0. The first-order valence-corrected chi connectivity index (χ1v) is 7.29. The average molecular weight is 276 g/mol. The van der Waals surface area contributed by atoms with E-state index in [1.165, 1.54) is 0 Å². The van der Waals surface area contributed by atoms with Gasteiger partial charge >= 0.3 is 8.80 Å². The maximum Gasteiger partial charge on any atom is 0.500 e. The van der Waals surface area contributed by atoms with Crippen LogP contribution in [0.1, 0.15) is 27.2 Å². The van der Waals surface area contributed by atoms with Gasteiger partial charge in [-0.25, -0.2) is 0 Å². The molecule has 0 rings (SSSR count). The van der Waals surface area contributed by atoms with Crippen molar-refractivity contribution in [1.82, 2.24) is 0 Å². The molecule has 0 fully saturated rings. The first-order chi connectivity index (χ1) is 6.74. The van der Waals surface area contributed by atoms with Gasteiger partial charge in [-0.05, 0) is 33.7 Å². The quantitative estimate of drug-likeness (QED) is 0.646. The number of rotatable bonds is 9. The molecule has 0 aliphatic carbocycles. The molecule has 6 heteroatoms. The fourth-order valence-electron chi connectivity index (χ4n) is 1.32. The minimum atomic E-state index is -2.40. The Hall–Kier alpha value is 0.576. The van der Waals surface area contributed by atoms with Crippen LogP contribution in [0, 0.1) is 0 Å². The van der Waals surface area contributed by atoms with Crippen LogP contribution in [0.15, 0.2) is 0 Å². The summed E-state index contributed by atoms with van der Waals surface area (Å²) < 4.78 is 17.0. The van der Waals surface area contributed by atoms with Crippen LogP contribution in [-0.2, 0) is 30.3 Å². The molecule has 1 radical (unpaired) electrons. The van der Waals surface area contributed by atoms with Gasteiger partial charge in [0, 0.05) is 42.9 Å². The zero-order valence-electron chi connectivity index (χ0n) is 9.92. The van der Waals surface area contributed by atoms with E-state index >= 15 is 0 Å². The standard InChI is InChI=1S/C9H23NO3Si.Mn/c1-4-11-14(12-5-2,13-6-3)9-7-8-10;/h4-10H2,1-3H3;. The normalized spacial score (nSPS) is 11.2. The van der Waals surface area contributed by atoms with E-state index in [9.17, 15) is 0 Å². The van der Waals surface area contributed by atoms with Crippen molar-refractivity contribution in [3.05, 3.63) is 0 Å². The monoisotopic (exact) mass is 276 g/mol. The molecule has 93 valence electrons. The Labute approximate surface area is 105 Å². The topological polar surface area (TPSA) is 53.7 Å². The second-order valence-electron chi connectivity index (χ2n) is 2.87. The maximum absolute atomic E-state index is 5.65. The Bertz CT molecular complexity index is 124. The Morgan fingerprint density at radius 3 is 1.60 bits per heavy atom. The van der Waals surface area contributed by atoms with Crippen LogP contribution in [0.3, 0.4) is 0 Å². The van der Waals surface area contributed by atoms with Gasteiger partial charge < -0.3 is 19.0 Å². The number of hydrogen-bond donors (Lipinski definition) is 1. The molecular weight excluding hydrogens is 253 g/mol. The molecule has 0 aromatic carbocycles. The summed E-state index contributed by atoms with van der Waals surface area (Å²) in [5, 5.41) is 0. The van der Waals surface area contributed by atoms with Gasteiger partial charge in [0.25, 0.3) is 0 Å². The van der Waals surface area contributed by atoms with Crippen LogP contribution in [0.2, 0.25) is 6.04 Å². The summed E-state index contributed by atoms with van der Waals surface area (Å²) in [5.41, 5.74) is 5.48. The smallest absolute Gasteiger partial charge is 0.374 e. The predicted octanol–water partition coefficient (Wildman–Crippen LogP) is 1.38. The van der Waals surface area contributed by atoms with Crippen molar-refractivity contribution < 1.29 is 30.3 Å². The zero-order valence-corrected chi connectivity index (χ0v) is 12.1. The Kier molecular flexibility index (Phi) is 13.3. The molecule has 0 aliphatic heterocycles. The molecule has 2 N–H and O–H groups in total. The van der Waals surface area contributed by atoms with Crippen molar-refractivity contribution in [2.24, 2.45) is 5.73 Å². The van der Waals surface area contributed by atoms with E-state index in [1.54, 1.807) is 0 Å². The first-order valence-electron chi connectivity index (χ1n) is 5.36. The van der Waals surface area contributed by atoms with E-state index in [1.807, 2.05) is 20.8 Å². The molecule has 0 atom stereocenters. The van der Waals surface area contributed by atoms with E-state index in [0.29, 0.717) is 26.4 Å². The molecule has 15 heavy (non-hydrogen) atoms. The van der Waals surface area contributed by atoms with E-state index in [4.69, 9.17) is 19.0 Å². The van der Waals surface area contributed by atoms with Crippen molar-refractivity contribution >= 4 is 8.80 Å². The fourth-order valence-corrected chi connectivity index (χ4v) is 3.96. The second kappa shape index (κ2) is 11.1. The van der Waals surface area contributed by atoms with Crippen LogP contribution >= 0.6 is 0 Å². The molecule has 0 amide bonds. The third-order valence-corrected chi connectivity index (χ3v) is 4.93. The van der Waals surface area contributed by atoms with E-state index in [2.05, 4.69) is 0 Å². The van der Waals surface area contributed by atoms with Gasteiger partial charge in [-0.2, -0.15) is 0 Å². The van der Waals surface area contributed by atoms with Gasteiger partial charge in [-0.3, -0.25) is 0 Å². The second-order valence-corrected chi connectivity index (χ2v) is 5.61. The van der Waals surface area contributed by atoms with Crippen molar-refractivity contribution in [3.63, 3.8) is 0 Å². The SMILES string of the molecule is CCO[Si](CCCN)(OCC)OCC.[Mn]. The van der Waals surface area contributed by atoms with Crippen molar-refractivity contribution in [3.8, 4) is 0 Å². The number of nitrogens with two attached hydrogens (primary N) is 1. The van der Waals surface area contributed by atoms with Crippen LogP contribution in [-0.4, -0.2) is 35.2 Å². The Morgan fingerprint density at radius 1 is 0.933 bits per heavy atom. The summed E-state index contributed by atoms with van der Waals surface area (Å²) in [7, 11) is -2.40. The van der Waals surface area contributed by atoms with Gasteiger partial charge in [-0.1, -0.05) is 0 Å². The molecule has 0 saturated heterocycles. The fraction of sp³-hybridized carbons (Fsp3) is 1.00. The van der Waals surface area contributed by atoms with E-state index in [-0.39, 0.29) is 17.1 Å². The van der Waals surface area contributed by atoms with E-state index in [0.717, 1.165) is 12.5 Å². The Morgan fingerprint density at radius 2 is 1.33 bits per heavy atom. The molecule has 0 aliphatic rings. The minimum absolute atomic E-state index is 0. The third kappa shape index (κ3) is 7.46. The summed E-state index contributed by atoms with van der Waals surface area (Å²) in [6.45, 7) is 8.44. The van der Waals surface area contributed by atoms with Gasteiger partial charge in [0.05, 0.1) is 0 Å². The maximum atomic E-state index is 5.65. The molecule has 0 bridgehead atoms. The number of hydrogen-bond acceptors (Lipinski definition) is 4. The van der Waals surface area contributed by atoms with Crippen LogP contribution in [0.5, 0.6) is 0 Å². The molecule has 0 unspecified atom stereocenters. The summed E-state index contributed by atoms with van der Waals surface area (Å²) in [6.07, 6.45) is 0.895. The molecule has 0 heterocycles. The van der Waals surface area contributed by atoms with Gasteiger partial charge in [-0.15, -0.1) is 0 Å². The molecule has 0 spiro atoms. The van der Waals surface area contributed by atoms with Crippen molar-refractivity contribution in [2.75, 3.05) is 26.4 Å². The molecular formula is C9H23MnNO3Si. The molecule has 0 aromatic heterocycles. The molecule has 0 saturated carbocycles. The van der Waals surface area contributed by atoms with Crippen LogP contribution in [0.4, 0.5) is 0 Å². The largest absolute Gasteiger partial charge is 0.500 e. The van der Waals surface area contributed by atoms with Crippen LogP contribution in [0.25, 0.3) is 0 Å².